The second-order valence-electron chi connectivity index (χ2n) is 4.27. The molecular weight excluding hydrogens is 324 g/mol. The lowest BCUT2D eigenvalue weighted by atomic mass is 10.4. The third kappa shape index (κ3) is 2.40. The zero-order valence-corrected chi connectivity index (χ0v) is 13.2. The average molecular weight is 335 g/mol. The van der Waals surface area contributed by atoms with Crippen LogP contribution in [0.2, 0.25) is 5.28 Å². The van der Waals surface area contributed by atoms with Crippen molar-refractivity contribution in [2.24, 2.45) is 0 Å². The van der Waals surface area contributed by atoms with Crippen LogP contribution in [0.25, 0.3) is 16.9 Å². The monoisotopic (exact) mass is 334 g/mol. The molecule has 0 aliphatic heterocycles. The molecule has 0 atom stereocenters. The lowest BCUT2D eigenvalue weighted by Crippen LogP contribution is -2.22. The highest BCUT2D eigenvalue weighted by atomic mass is 35.5. The van der Waals surface area contributed by atoms with Crippen molar-refractivity contribution in [3.8, 4) is 5.82 Å². The molecule has 22 heavy (non-hydrogen) atoms. The summed E-state index contributed by atoms with van der Waals surface area (Å²) in [5, 5.41) is 1.07. The van der Waals surface area contributed by atoms with E-state index in [2.05, 4.69) is 26.5 Å². The first-order valence-corrected chi connectivity index (χ1v) is 7.88. The Kier molecular flexibility index (Phi) is 3.95. The molecule has 0 N–H and O–H groups in total. The minimum atomic E-state index is -0.211. The Morgan fingerprint density at radius 1 is 1.41 bits per heavy atom. The average Bonchev–Trinajstić information content (AvgIpc) is 2.80. The Balaban J connectivity index is 2.41. The molecule has 0 spiro atoms. The molecule has 0 aliphatic carbocycles. The molecular formula is C13H11ClN6OS. The van der Waals surface area contributed by atoms with Crippen molar-refractivity contribution in [2.45, 2.75) is 11.7 Å². The summed E-state index contributed by atoms with van der Waals surface area (Å²) in [7, 11) is 0. The Morgan fingerprint density at radius 2 is 2.23 bits per heavy atom. The van der Waals surface area contributed by atoms with Crippen LogP contribution in [0.3, 0.4) is 0 Å². The lowest BCUT2D eigenvalue weighted by molar-refractivity contribution is 0.595. The molecule has 112 valence electrons. The molecule has 0 radical (unpaired) electrons. The molecule has 0 saturated carbocycles. The SMILES string of the molecule is C=CCn1c(=O)c2cnc(SC)nc2n1-c1ccnc(Cl)n1. The molecule has 0 saturated heterocycles. The van der Waals surface area contributed by atoms with Crippen molar-refractivity contribution in [1.29, 1.82) is 0 Å². The molecule has 0 amide bonds. The molecule has 3 aromatic heterocycles. The second kappa shape index (κ2) is 5.90. The van der Waals surface area contributed by atoms with Gasteiger partial charge in [0, 0.05) is 18.5 Å². The fourth-order valence-corrected chi connectivity index (χ4v) is 2.55. The van der Waals surface area contributed by atoms with Gasteiger partial charge in [-0.05, 0) is 17.9 Å². The number of thioether (sulfide) groups is 1. The summed E-state index contributed by atoms with van der Waals surface area (Å²) in [6, 6.07) is 1.66. The fourth-order valence-electron chi connectivity index (χ4n) is 2.08. The summed E-state index contributed by atoms with van der Waals surface area (Å²) in [4.78, 5) is 29.1. The number of halogens is 1. The van der Waals surface area contributed by atoms with Crippen LogP contribution in [0.1, 0.15) is 0 Å². The van der Waals surface area contributed by atoms with E-state index in [0.717, 1.165) is 0 Å². The maximum Gasteiger partial charge on any atom is 0.278 e. The van der Waals surface area contributed by atoms with E-state index in [-0.39, 0.29) is 10.8 Å². The van der Waals surface area contributed by atoms with Crippen LogP contribution < -0.4 is 5.56 Å². The van der Waals surface area contributed by atoms with Gasteiger partial charge < -0.3 is 0 Å². The van der Waals surface area contributed by atoms with Gasteiger partial charge >= 0.3 is 0 Å². The van der Waals surface area contributed by atoms with Crippen LogP contribution in [-0.4, -0.2) is 35.6 Å². The van der Waals surface area contributed by atoms with Crippen LogP contribution >= 0.6 is 23.4 Å². The van der Waals surface area contributed by atoms with Gasteiger partial charge in [-0.3, -0.25) is 4.79 Å². The van der Waals surface area contributed by atoms with Crippen LogP contribution in [-0.2, 0) is 6.54 Å². The molecule has 3 aromatic rings. The molecule has 9 heteroatoms. The molecule has 0 bridgehead atoms. The predicted octanol–water partition coefficient (Wildman–Crippen LogP) is 1.93. The summed E-state index contributed by atoms with van der Waals surface area (Å²) in [6.45, 7) is 3.99. The Bertz CT molecular complexity index is 919. The van der Waals surface area contributed by atoms with Crippen LogP contribution in [0.4, 0.5) is 0 Å². The summed E-state index contributed by atoms with van der Waals surface area (Å²) in [6.07, 6.45) is 6.54. The number of fused-ring (bicyclic) bond motifs is 1. The number of hydrogen-bond acceptors (Lipinski definition) is 6. The first-order valence-electron chi connectivity index (χ1n) is 6.28. The first-order chi connectivity index (χ1) is 10.7. The quantitative estimate of drug-likeness (QED) is 0.412. The highest BCUT2D eigenvalue weighted by molar-refractivity contribution is 7.98. The zero-order chi connectivity index (χ0) is 15.7. The second-order valence-corrected chi connectivity index (χ2v) is 5.38. The van der Waals surface area contributed by atoms with E-state index in [1.54, 1.807) is 16.8 Å². The topological polar surface area (TPSA) is 78.5 Å². The Labute approximate surface area is 134 Å². The molecule has 3 rings (SSSR count). The van der Waals surface area contributed by atoms with Gasteiger partial charge in [0.1, 0.15) is 5.39 Å². The molecule has 0 aromatic carbocycles. The molecule has 0 unspecified atom stereocenters. The van der Waals surface area contributed by atoms with Gasteiger partial charge in [-0.2, -0.15) is 4.98 Å². The van der Waals surface area contributed by atoms with Gasteiger partial charge in [0.2, 0.25) is 5.28 Å². The van der Waals surface area contributed by atoms with Gasteiger partial charge in [0.05, 0.1) is 6.54 Å². The number of rotatable bonds is 4. The Hall–Kier alpha value is -2.19. The third-order valence-corrected chi connectivity index (χ3v) is 3.71. The van der Waals surface area contributed by atoms with Crippen molar-refractivity contribution in [1.82, 2.24) is 29.3 Å². The minimum absolute atomic E-state index is 0.0936. The van der Waals surface area contributed by atoms with E-state index in [0.29, 0.717) is 28.6 Å². The van der Waals surface area contributed by atoms with E-state index >= 15 is 0 Å². The summed E-state index contributed by atoms with van der Waals surface area (Å²) < 4.78 is 3.09. The summed E-state index contributed by atoms with van der Waals surface area (Å²) in [5.74, 6) is 0.458. The molecule has 0 fully saturated rings. The molecule has 0 aliphatic rings. The summed E-state index contributed by atoms with van der Waals surface area (Å²) >= 11 is 7.25. The molecule has 7 nitrogen and oxygen atoms in total. The zero-order valence-electron chi connectivity index (χ0n) is 11.6. The normalized spacial score (nSPS) is 11.0. The van der Waals surface area contributed by atoms with Gasteiger partial charge in [-0.15, -0.1) is 6.58 Å². The van der Waals surface area contributed by atoms with Gasteiger partial charge in [-0.1, -0.05) is 17.8 Å². The fraction of sp³-hybridized carbons (Fsp3) is 0.154. The minimum Gasteiger partial charge on any atom is -0.267 e. The Morgan fingerprint density at radius 3 is 2.91 bits per heavy atom. The first kappa shape index (κ1) is 14.7. The van der Waals surface area contributed by atoms with Gasteiger partial charge in [0.15, 0.2) is 16.6 Å². The van der Waals surface area contributed by atoms with Crippen LogP contribution in [0.15, 0.2) is 41.1 Å². The van der Waals surface area contributed by atoms with Gasteiger partial charge in [0.25, 0.3) is 5.56 Å². The van der Waals surface area contributed by atoms with Crippen LogP contribution in [0, 0.1) is 0 Å². The van der Waals surface area contributed by atoms with E-state index in [1.807, 2.05) is 6.26 Å². The van der Waals surface area contributed by atoms with Crippen molar-refractivity contribution < 1.29 is 0 Å². The number of nitrogens with zero attached hydrogens (tertiary/aromatic N) is 6. The predicted molar refractivity (Wildman–Crippen MR) is 85.7 cm³/mol. The number of hydrogen-bond donors (Lipinski definition) is 0. The van der Waals surface area contributed by atoms with Crippen molar-refractivity contribution in [2.75, 3.05) is 6.26 Å². The van der Waals surface area contributed by atoms with Crippen molar-refractivity contribution in [3.05, 3.63) is 46.8 Å². The maximum atomic E-state index is 12.5. The van der Waals surface area contributed by atoms with Crippen molar-refractivity contribution >= 4 is 34.4 Å². The van der Waals surface area contributed by atoms with E-state index < -0.39 is 0 Å². The largest absolute Gasteiger partial charge is 0.278 e. The molecule has 3 heterocycles. The van der Waals surface area contributed by atoms with E-state index in [1.165, 1.54) is 28.8 Å². The smallest absolute Gasteiger partial charge is 0.267 e. The number of allylic oxidation sites excluding steroid dienone is 1. The van der Waals surface area contributed by atoms with Crippen LogP contribution in [0.5, 0.6) is 0 Å². The highest BCUT2D eigenvalue weighted by Gasteiger charge is 2.17. The van der Waals surface area contributed by atoms with Gasteiger partial charge in [-0.25, -0.2) is 24.3 Å². The van der Waals surface area contributed by atoms with E-state index in [4.69, 9.17) is 11.6 Å². The van der Waals surface area contributed by atoms with Crippen molar-refractivity contribution in [3.63, 3.8) is 0 Å². The number of aromatic nitrogens is 6. The third-order valence-electron chi connectivity index (χ3n) is 2.97. The highest BCUT2D eigenvalue weighted by Crippen LogP contribution is 2.17. The standard InChI is InChI=1S/C13H11ClN6OS/c1-3-6-19-11(21)8-7-16-13(22-2)18-10(8)20(19)9-4-5-15-12(14)17-9/h3-5,7H,1,6H2,2H3. The lowest BCUT2D eigenvalue weighted by Gasteiger charge is -2.09. The maximum absolute atomic E-state index is 12.5. The van der Waals surface area contributed by atoms with E-state index in [9.17, 15) is 4.79 Å². The summed E-state index contributed by atoms with van der Waals surface area (Å²) in [5.41, 5.74) is 0.262.